The third-order valence-corrected chi connectivity index (χ3v) is 10.9. The van der Waals surface area contributed by atoms with E-state index < -0.39 is 121 Å². The monoisotopic (exact) mass is 827 g/mol. The Morgan fingerprint density at radius 1 is 1.02 bits per heavy atom. The number of aliphatic hydroxyl groups is 3. The van der Waals surface area contributed by atoms with Crippen molar-refractivity contribution in [3.05, 3.63) is 24.3 Å². The van der Waals surface area contributed by atoms with Gasteiger partial charge in [0.25, 0.3) is 0 Å². The van der Waals surface area contributed by atoms with E-state index >= 15 is 0 Å². The molecule has 0 aromatic heterocycles. The topological polar surface area (TPSA) is 206 Å². The van der Waals surface area contributed by atoms with Crippen LogP contribution in [0.15, 0.2) is 24.3 Å². The van der Waals surface area contributed by atoms with Crippen molar-refractivity contribution in [1.82, 2.24) is 4.90 Å². The molecule has 0 amide bonds. The highest BCUT2D eigenvalue weighted by Gasteiger charge is 2.53. The van der Waals surface area contributed by atoms with Gasteiger partial charge in [0.05, 0.1) is 36.9 Å². The molecule has 1 unspecified atom stereocenters. The second kappa shape index (κ2) is 22.7. The number of hydrogen-bond donors (Lipinski definition) is 3. The van der Waals surface area contributed by atoms with Crippen LogP contribution in [0.1, 0.15) is 93.9 Å². The minimum atomic E-state index is -1.50. The average Bonchev–Trinajstić information content (AvgIpc) is 3.09. The molecule has 3 heterocycles. The predicted octanol–water partition coefficient (Wildman–Crippen LogP) is 3.01. The van der Waals surface area contributed by atoms with E-state index in [1.807, 2.05) is 20.8 Å². The summed E-state index contributed by atoms with van der Waals surface area (Å²) in [6.45, 7) is 13.5. The fourth-order valence-electron chi connectivity index (χ4n) is 8.08. The number of carbonyl (C=O) groups is 4. The molecular weight excluding hydrogens is 758 g/mol. The lowest BCUT2D eigenvalue weighted by atomic mass is 9.82. The van der Waals surface area contributed by atoms with Gasteiger partial charge in [-0.1, -0.05) is 45.1 Å². The molecule has 3 aliphatic heterocycles. The summed E-state index contributed by atoms with van der Waals surface area (Å²) in [5.41, 5.74) is -1.50. The molecule has 58 heavy (non-hydrogen) atoms. The Morgan fingerprint density at radius 3 is 2.29 bits per heavy atom. The van der Waals surface area contributed by atoms with E-state index in [1.54, 1.807) is 71.0 Å². The van der Waals surface area contributed by atoms with Gasteiger partial charge >= 0.3 is 17.9 Å². The molecule has 332 valence electrons. The summed E-state index contributed by atoms with van der Waals surface area (Å²) < 4.78 is 48.6. The molecule has 0 radical (unpaired) electrons. The van der Waals surface area contributed by atoms with Gasteiger partial charge < -0.3 is 62.9 Å². The minimum absolute atomic E-state index is 0.0460. The number of likely N-dealkylation sites (N-methyl/N-ethyl adjacent to an activating group) is 1. The Labute approximate surface area is 343 Å². The summed E-state index contributed by atoms with van der Waals surface area (Å²) in [5.74, 6) is -2.82. The van der Waals surface area contributed by atoms with Gasteiger partial charge in [-0.3, -0.25) is 14.4 Å². The van der Waals surface area contributed by atoms with Crippen LogP contribution < -0.4 is 0 Å². The van der Waals surface area contributed by atoms with Crippen LogP contribution >= 0.6 is 0 Å². The highest BCUT2D eigenvalue weighted by Crippen LogP contribution is 2.38. The number of nitrogens with zero attached hydrogens (tertiary/aromatic N) is 1. The molecule has 16 atom stereocenters. The van der Waals surface area contributed by atoms with Gasteiger partial charge in [-0.2, -0.15) is 0 Å². The molecule has 16 nitrogen and oxygen atoms in total. The summed E-state index contributed by atoms with van der Waals surface area (Å²) in [5, 5.41) is 34.6. The van der Waals surface area contributed by atoms with Crippen LogP contribution in [0, 0.1) is 17.8 Å². The van der Waals surface area contributed by atoms with Crippen LogP contribution in [-0.2, 0) is 57.1 Å². The smallest absolute Gasteiger partial charge is 0.309 e. The second-order valence-corrected chi connectivity index (χ2v) is 17.0. The second-order valence-electron chi connectivity index (χ2n) is 17.0. The van der Waals surface area contributed by atoms with Gasteiger partial charge in [0.2, 0.25) is 0 Å². The van der Waals surface area contributed by atoms with E-state index in [4.69, 9.17) is 37.9 Å². The summed E-state index contributed by atoms with van der Waals surface area (Å²) in [6, 6.07) is -0.782. The predicted molar refractivity (Wildman–Crippen MR) is 210 cm³/mol. The maximum absolute atomic E-state index is 13.2. The summed E-state index contributed by atoms with van der Waals surface area (Å²) in [7, 11) is 4.86. The fraction of sp³-hybridized carbons (Fsp3) is 0.810. The zero-order valence-electron chi connectivity index (χ0n) is 36.1. The van der Waals surface area contributed by atoms with Crippen molar-refractivity contribution >= 4 is 24.2 Å². The quantitative estimate of drug-likeness (QED) is 0.147. The Bertz CT molecular complexity index is 1390. The molecule has 3 N–H and O–H groups in total. The molecule has 2 saturated heterocycles. The largest absolute Gasteiger partial charge is 0.462 e. The number of methoxy groups -OCH3 is 1. The molecule has 0 aliphatic carbocycles. The lowest BCUT2D eigenvalue weighted by Crippen LogP contribution is -2.66. The Morgan fingerprint density at radius 2 is 1.71 bits per heavy atom. The average molecular weight is 828 g/mol. The lowest BCUT2D eigenvalue weighted by molar-refractivity contribution is -0.344. The Hall–Kier alpha value is -2.80. The number of aldehydes is 1. The molecule has 3 aliphatic rings. The van der Waals surface area contributed by atoms with Crippen LogP contribution in [0.5, 0.6) is 0 Å². The maximum Gasteiger partial charge on any atom is 0.309 e. The van der Waals surface area contributed by atoms with Crippen LogP contribution in [0.25, 0.3) is 0 Å². The number of rotatable bonds is 12. The maximum atomic E-state index is 13.2. The molecule has 2 fully saturated rings. The number of esters is 3. The van der Waals surface area contributed by atoms with Crippen molar-refractivity contribution in [2.24, 2.45) is 17.8 Å². The summed E-state index contributed by atoms with van der Waals surface area (Å²) in [6.07, 6.45) is -4.11. The summed E-state index contributed by atoms with van der Waals surface area (Å²) in [4.78, 5) is 52.3. The van der Waals surface area contributed by atoms with Crippen molar-refractivity contribution in [3.63, 3.8) is 0 Å². The van der Waals surface area contributed by atoms with Crippen LogP contribution in [0.4, 0.5) is 0 Å². The zero-order valence-corrected chi connectivity index (χ0v) is 36.1. The van der Waals surface area contributed by atoms with Crippen molar-refractivity contribution in [1.29, 1.82) is 0 Å². The normalized spacial score (nSPS) is 40.7. The number of carbonyl (C=O) groups excluding carboxylic acids is 4. The van der Waals surface area contributed by atoms with Gasteiger partial charge in [0.15, 0.2) is 18.7 Å². The molecule has 16 heteroatoms. The molecule has 0 bridgehead atoms. The standard InChI is InChI=1S/C42H69NO15/c1-23(2)19-32(47)56-40-27(6)53-34(22-42(40,8)50)57-37-26(5)54-41(36(49)35(37)43(9)10)58-38-29(17-18-44)20-24(3)30(46)16-14-12-13-15-25(4)52-33(48)21-31(39(38)51-11)55-28(7)45/h12-14,16,18,23-27,29-31,34-41,46,49-50H,15,17,19-22H2,1-11H3/b13-12+,16-14+/t24-,25-,26-,27+,29+,30-,31-,34+,35-,36-,37-,38+,39?,40+,41+,42-/m1/s1. The number of ether oxygens (including phenoxy) is 8. The van der Waals surface area contributed by atoms with Crippen molar-refractivity contribution in [2.75, 3.05) is 21.2 Å². The molecule has 0 aromatic rings. The number of cyclic esters (lactones) is 1. The van der Waals surface area contributed by atoms with Crippen LogP contribution in [0.2, 0.25) is 0 Å². The third-order valence-electron chi connectivity index (χ3n) is 10.9. The SMILES string of the molecule is COC1[C@@H](O[C@@H]2O[C@H](C)[C@@H](O[C@H]3C[C@@](C)(O)[C@@H](OC(=O)CC(C)C)[C@H](C)O3)[C@H](N(C)C)[C@H]2O)[C@@H](CC=O)C[C@@H](C)[C@H](O)/C=C/C=C/C[C@@H](C)OC(=O)C[C@H]1OC(C)=O. The van der Waals surface area contributed by atoms with E-state index in [0.29, 0.717) is 12.7 Å². The first-order valence-corrected chi connectivity index (χ1v) is 20.4. The molecule has 0 aromatic carbocycles. The number of allylic oxidation sites excluding steroid dienone is 2. The Kier molecular flexibility index (Phi) is 19.4. The van der Waals surface area contributed by atoms with Gasteiger partial charge in [0, 0.05) is 39.7 Å². The highest BCUT2D eigenvalue weighted by atomic mass is 16.7. The summed E-state index contributed by atoms with van der Waals surface area (Å²) >= 11 is 0. The number of hydrogen-bond acceptors (Lipinski definition) is 16. The first-order chi connectivity index (χ1) is 27.2. The van der Waals surface area contributed by atoms with Crippen LogP contribution in [0.3, 0.4) is 0 Å². The molecule has 0 saturated carbocycles. The number of aliphatic hydroxyl groups excluding tert-OH is 2. The fourth-order valence-corrected chi connectivity index (χ4v) is 8.08. The highest BCUT2D eigenvalue weighted by molar-refractivity contribution is 5.72. The first-order valence-electron chi connectivity index (χ1n) is 20.4. The molecule has 0 spiro atoms. The van der Waals surface area contributed by atoms with Gasteiger partial charge in [-0.05, 0) is 66.0 Å². The van der Waals surface area contributed by atoms with Gasteiger partial charge in [0.1, 0.15) is 42.4 Å². The third kappa shape index (κ3) is 14.2. The van der Waals surface area contributed by atoms with Crippen LogP contribution in [-0.4, -0.2) is 151 Å². The van der Waals surface area contributed by atoms with Gasteiger partial charge in [-0.15, -0.1) is 0 Å². The minimum Gasteiger partial charge on any atom is -0.462 e. The molecular formula is C42H69NO15. The van der Waals surface area contributed by atoms with E-state index in [1.165, 1.54) is 14.0 Å². The lowest BCUT2D eigenvalue weighted by Gasteiger charge is -2.50. The van der Waals surface area contributed by atoms with E-state index in [-0.39, 0.29) is 31.6 Å². The van der Waals surface area contributed by atoms with Gasteiger partial charge in [-0.25, -0.2) is 0 Å². The van der Waals surface area contributed by atoms with E-state index in [0.717, 1.165) is 0 Å². The van der Waals surface area contributed by atoms with E-state index in [2.05, 4.69) is 0 Å². The van der Waals surface area contributed by atoms with Crippen molar-refractivity contribution in [3.8, 4) is 0 Å². The zero-order chi connectivity index (χ0) is 43.5. The van der Waals surface area contributed by atoms with Crippen molar-refractivity contribution < 1.29 is 72.4 Å². The Balaban J connectivity index is 1.98. The van der Waals surface area contributed by atoms with E-state index in [9.17, 15) is 34.5 Å². The first kappa shape index (κ1) is 49.6. The van der Waals surface area contributed by atoms with Crippen molar-refractivity contribution in [2.45, 2.75) is 179 Å². The molecule has 3 rings (SSSR count).